The van der Waals surface area contributed by atoms with Gasteiger partial charge in [-0.3, -0.25) is 0 Å². The van der Waals surface area contributed by atoms with Crippen molar-refractivity contribution in [1.29, 1.82) is 0 Å². The predicted octanol–water partition coefficient (Wildman–Crippen LogP) is 2.17. The molecular formula is C16H27N5S. The Balaban J connectivity index is 1.50. The lowest BCUT2D eigenvalue weighted by Gasteiger charge is -2.27. The van der Waals surface area contributed by atoms with Gasteiger partial charge in [-0.15, -0.1) is 0 Å². The van der Waals surface area contributed by atoms with Crippen LogP contribution in [0.15, 0.2) is 12.4 Å². The third kappa shape index (κ3) is 4.26. The molecule has 0 aromatic carbocycles. The van der Waals surface area contributed by atoms with E-state index in [0.29, 0.717) is 0 Å². The molecule has 2 saturated heterocycles. The van der Waals surface area contributed by atoms with Gasteiger partial charge in [0.25, 0.3) is 0 Å². The van der Waals surface area contributed by atoms with E-state index >= 15 is 0 Å². The molecule has 1 aromatic heterocycles. The maximum atomic E-state index is 4.44. The number of nitrogens with one attached hydrogen (secondary N) is 1. The van der Waals surface area contributed by atoms with Crippen LogP contribution >= 0.6 is 11.8 Å². The summed E-state index contributed by atoms with van der Waals surface area (Å²) in [6.45, 7) is 9.18. The van der Waals surface area contributed by atoms with E-state index in [0.717, 1.165) is 37.2 Å². The molecule has 0 amide bonds. The van der Waals surface area contributed by atoms with Crippen LogP contribution in [0.4, 0.5) is 11.6 Å². The van der Waals surface area contributed by atoms with E-state index in [1.54, 1.807) is 6.33 Å². The monoisotopic (exact) mass is 321 g/mol. The van der Waals surface area contributed by atoms with Gasteiger partial charge in [0.05, 0.1) is 0 Å². The summed E-state index contributed by atoms with van der Waals surface area (Å²) >= 11 is 2.02. The minimum absolute atomic E-state index is 0.747. The third-order valence-corrected chi connectivity index (χ3v) is 5.41. The molecule has 2 aliphatic heterocycles. The van der Waals surface area contributed by atoms with Gasteiger partial charge in [0.1, 0.15) is 18.0 Å². The van der Waals surface area contributed by atoms with Gasteiger partial charge in [0, 0.05) is 43.8 Å². The highest BCUT2D eigenvalue weighted by Gasteiger charge is 2.21. The molecule has 0 aliphatic carbocycles. The molecule has 1 unspecified atom stereocenters. The molecule has 0 bridgehead atoms. The van der Waals surface area contributed by atoms with Crippen molar-refractivity contribution in [1.82, 2.24) is 14.9 Å². The van der Waals surface area contributed by atoms with Crippen molar-refractivity contribution in [2.24, 2.45) is 5.92 Å². The van der Waals surface area contributed by atoms with Crippen molar-refractivity contribution < 1.29 is 0 Å². The van der Waals surface area contributed by atoms with Crippen molar-refractivity contribution in [3.8, 4) is 0 Å². The first-order valence-corrected chi connectivity index (χ1v) is 9.61. The normalized spacial score (nSPS) is 23.0. The van der Waals surface area contributed by atoms with Crippen LogP contribution < -0.4 is 10.2 Å². The minimum atomic E-state index is 0.747. The van der Waals surface area contributed by atoms with Crippen LogP contribution in [0.3, 0.4) is 0 Å². The molecule has 6 heteroatoms. The topological polar surface area (TPSA) is 44.3 Å². The standard InChI is InChI=1S/C16H27N5S/c1-2-4-20-5-3-14(12-20)11-17-15-10-16(19-13-18-15)21-6-8-22-9-7-21/h10,13-14H,2-9,11-12H2,1H3,(H,17,18,19). The second-order valence-corrected chi connectivity index (χ2v) is 7.42. The zero-order chi connectivity index (χ0) is 15.2. The molecule has 122 valence electrons. The number of nitrogens with zero attached hydrogens (tertiary/aromatic N) is 4. The van der Waals surface area contributed by atoms with Crippen molar-refractivity contribution in [3.63, 3.8) is 0 Å². The van der Waals surface area contributed by atoms with Crippen LogP contribution in [-0.4, -0.2) is 65.6 Å². The average molecular weight is 321 g/mol. The van der Waals surface area contributed by atoms with Gasteiger partial charge in [0.15, 0.2) is 0 Å². The largest absolute Gasteiger partial charge is 0.370 e. The van der Waals surface area contributed by atoms with Crippen molar-refractivity contribution >= 4 is 23.4 Å². The lowest BCUT2D eigenvalue weighted by Crippen LogP contribution is -2.33. The van der Waals surface area contributed by atoms with Gasteiger partial charge in [-0.2, -0.15) is 11.8 Å². The molecule has 5 nitrogen and oxygen atoms in total. The molecular weight excluding hydrogens is 294 g/mol. The molecule has 0 radical (unpaired) electrons. The van der Waals surface area contributed by atoms with Gasteiger partial charge >= 0.3 is 0 Å². The van der Waals surface area contributed by atoms with Gasteiger partial charge < -0.3 is 15.1 Å². The Kier molecular flexibility index (Phi) is 5.78. The molecule has 3 heterocycles. The summed E-state index contributed by atoms with van der Waals surface area (Å²) in [6, 6.07) is 2.11. The number of likely N-dealkylation sites (tertiary alicyclic amines) is 1. The number of thioether (sulfide) groups is 1. The van der Waals surface area contributed by atoms with Crippen LogP contribution in [0.5, 0.6) is 0 Å². The van der Waals surface area contributed by atoms with E-state index in [9.17, 15) is 0 Å². The second kappa shape index (κ2) is 8.02. The Morgan fingerprint density at radius 2 is 2.14 bits per heavy atom. The quantitative estimate of drug-likeness (QED) is 0.866. The van der Waals surface area contributed by atoms with E-state index in [-0.39, 0.29) is 0 Å². The minimum Gasteiger partial charge on any atom is -0.370 e. The fourth-order valence-corrected chi connectivity index (χ4v) is 4.16. The van der Waals surface area contributed by atoms with E-state index < -0.39 is 0 Å². The van der Waals surface area contributed by atoms with Gasteiger partial charge in [-0.25, -0.2) is 9.97 Å². The van der Waals surface area contributed by atoms with Crippen LogP contribution in [-0.2, 0) is 0 Å². The van der Waals surface area contributed by atoms with Crippen LogP contribution in [0.1, 0.15) is 19.8 Å². The first-order valence-electron chi connectivity index (χ1n) is 8.46. The zero-order valence-corrected chi connectivity index (χ0v) is 14.3. The lowest BCUT2D eigenvalue weighted by atomic mass is 10.1. The Morgan fingerprint density at radius 3 is 2.95 bits per heavy atom. The Hall–Kier alpha value is -1.01. The Morgan fingerprint density at radius 1 is 1.27 bits per heavy atom. The second-order valence-electron chi connectivity index (χ2n) is 6.20. The van der Waals surface area contributed by atoms with Gasteiger partial charge in [-0.1, -0.05) is 6.92 Å². The number of hydrogen-bond acceptors (Lipinski definition) is 6. The van der Waals surface area contributed by atoms with Crippen LogP contribution in [0.2, 0.25) is 0 Å². The molecule has 2 aliphatic rings. The highest BCUT2D eigenvalue weighted by molar-refractivity contribution is 7.99. The zero-order valence-electron chi connectivity index (χ0n) is 13.5. The molecule has 0 spiro atoms. The smallest absolute Gasteiger partial charge is 0.134 e. The first-order chi connectivity index (χ1) is 10.8. The molecule has 1 atom stereocenters. The van der Waals surface area contributed by atoms with Crippen molar-refractivity contribution in [2.75, 3.05) is 61.0 Å². The average Bonchev–Trinajstić information content (AvgIpc) is 3.02. The number of aromatic nitrogens is 2. The summed E-state index contributed by atoms with van der Waals surface area (Å²) in [4.78, 5) is 13.8. The highest BCUT2D eigenvalue weighted by Crippen LogP contribution is 2.20. The van der Waals surface area contributed by atoms with Crippen LogP contribution in [0.25, 0.3) is 0 Å². The fourth-order valence-electron chi connectivity index (χ4n) is 3.26. The highest BCUT2D eigenvalue weighted by atomic mass is 32.2. The summed E-state index contributed by atoms with van der Waals surface area (Å²) in [5, 5.41) is 3.52. The lowest BCUT2D eigenvalue weighted by molar-refractivity contribution is 0.327. The van der Waals surface area contributed by atoms with E-state index in [4.69, 9.17) is 0 Å². The number of anilines is 2. The molecule has 3 rings (SSSR count). The molecule has 22 heavy (non-hydrogen) atoms. The fraction of sp³-hybridized carbons (Fsp3) is 0.750. The summed E-state index contributed by atoms with van der Waals surface area (Å²) < 4.78 is 0. The molecule has 1 N–H and O–H groups in total. The first kappa shape index (κ1) is 15.9. The number of hydrogen-bond donors (Lipinski definition) is 1. The Labute approximate surface area is 137 Å². The van der Waals surface area contributed by atoms with E-state index in [2.05, 4.69) is 38.1 Å². The SMILES string of the molecule is CCCN1CCC(CNc2cc(N3CCSCC3)ncn2)C1. The molecule has 0 saturated carbocycles. The van der Waals surface area contributed by atoms with Gasteiger partial charge in [-0.05, 0) is 31.8 Å². The summed E-state index contributed by atoms with van der Waals surface area (Å²) in [6.07, 6.45) is 4.25. The summed E-state index contributed by atoms with van der Waals surface area (Å²) in [5.41, 5.74) is 0. The van der Waals surface area contributed by atoms with Crippen molar-refractivity contribution in [3.05, 3.63) is 12.4 Å². The van der Waals surface area contributed by atoms with Crippen LogP contribution in [0, 0.1) is 5.92 Å². The van der Waals surface area contributed by atoms with Crippen molar-refractivity contribution in [2.45, 2.75) is 19.8 Å². The van der Waals surface area contributed by atoms with E-state index in [1.807, 2.05) is 11.8 Å². The Bertz CT molecular complexity index is 464. The molecule has 1 aromatic rings. The maximum Gasteiger partial charge on any atom is 0.134 e. The summed E-state index contributed by atoms with van der Waals surface area (Å²) in [7, 11) is 0. The third-order valence-electron chi connectivity index (χ3n) is 4.47. The molecule has 2 fully saturated rings. The van der Waals surface area contributed by atoms with Gasteiger partial charge in [0.2, 0.25) is 0 Å². The number of rotatable bonds is 6. The summed E-state index contributed by atoms with van der Waals surface area (Å²) in [5.74, 6) is 5.18. The van der Waals surface area contributed by atoms with E-state index in [1.165, 1.54) is 44.0 Å². The predicted molar refractivity (Wildman–Crippen MR) is 94.9 cm³/mol. The maximum absolute atomic E-state index is 4.44.